The molecule has 1 aromatic heterocycles. The zero-order valence-electron chi connectivity index (χ0n) is 14.0. The van der Waals surface area contributed by atoms with Gasteiger partial charge in [0.25, 0.3) is 0 Å². The highest BCUT2D eigenvalue weighted by Gasteiger charge is 2.17. The molecule has 7 heteroatoms. The lowest BCUT2D eigenvalue weighted by Gasteiger charge is -2.18. The molecule has 2 aromatic rings. The third kappa shape index (κ3) is 6.50. The number of carbonyl (C=O) groups is 3. The molecule has 0 bridgehead atoms. The third-order valence-electron chi connectivity index (χ3n) is 3.45. The molecule has 0 spiro atoms. The van der Waals surface area contributed by atoms with Gasteiger partial charge < -0.3 is 20.4 Å². The highest BCUT2D eigenvalue weighted by Crippen LogP contribution is 2.16. The molecule has 132 valence electrons. The molecule has 0 aliphatic heterocycles. The van der Waals surface area contributed by atoms with Crippen molar-refractivity contribution in [2.45, 2.75) is 25.9 Å². The van der Waals surface area contributed by atoms with Gasteiger partial charge in [0.2, 0.25) is 17.7 Å². The minimum Gasteiger partial charge on any atom is -0.467 e. The number of hydrogen-bond acceptors (Lipinski definition) is 4. The SMILES string of the molecule is CC(=O)NC(CC(=O)NCC(=O)NCc1ccco1)c1ccccc1. The van der Waals surface area contributed by atoms with Crippen molar-refractivity contribution in [1.29, 1.82) is 0 Å². The first-order valence-electron chi connectivity index (χ1n) is 7.92. The average Bonchev–Trinajstić information content (AvgIpc) is 3.11. The van der Waals surface area contributed by atoms with Gasteiger partial charge in [-0.15, -0.1) is 0 Å². The molecule has 25 heavy (non-hydrogen) atoms. The number of hydrogen-bond donors (Lipinski definition) is 3. The second-order valence-electron chi connectivity index (χ2n) is 5.50. The monoisotopic (exact) mass is 343 g/mol. The van der Waals surface area contributed by atoms with Gasteiger partial charge >= 0.3 is 0 Å². The second-order valence-corrected chi connectivity index (χ2v) is 5.50. The van der Waals surface area contributed by atoms with Gasteiger partial charge in [0, 0.05) is 6.92 Å². The molecule has 0 radical (unpaired) electrons. The Hall–Kier alpha value is -3.09. The summed E-state index contributed by atoms with van der Waals surface area (Å²) in [5.41, 5.74) is 0.829. The minimum absolute atomic E-state index is 0.0507. The average molecular weight is 343 g/mol. The molecule has 2 rings (SSSR count). The number of amides is 3. The van der Waals surface area contributed by atoms with Crippen LogP contribution in [0, 0.1) is 0 Å². The first kappa shape index (κ1) is 18.3. The molecular formula is C18H21N3O4. The van der Waals surface area contributed by atoms with E-state index in [0.717, 1.165) is 5.56 Å². The summed E-state index contributed by atoms with van der Waals surface area (Å²) in [4.78, 5) is 35.2. The normalized spacial score (nSPS) is 11.4. The molecule has 0 fully saturated rings. The van der Waals surface area contributed by atoms with E-state index < -0.39 is 6.04 Å². The van der Waals surface area contributed by atoms with E-state index >= 15 is 0 Å². The van der Waals surface area contributed by atoms with Crippen molar-refractivity contribution in [3.63, 3.8) is 0 Å². The van der Waals surface area contributed by atoms with Crippen molar-refractivity contribution < 1.29 is 18.8 Å². The Morgan fingerprint density at radius 1 is 1.00 bits per heavy atom. The first-order chi connectivity index (χ1) is 12.0. The van der Waals surface area contributed by atoms with Gasteiger partial charge in [0.05, 0.1) is 31.8 Å². The summed E-state index contributed by atoms with van der Waals surface area (Å²) in [5.74, 6) is -0.233. The summed E-state index contributed by atoms with van der Waals surface area (Å²) in [6.07, 6.45) is 1.57. The van der Waals surface area contributed by atoms with E-state index in [9.17, 15) is 14.4 Å². The summed E-state index contributed by atoms with van der Waals surface area (Å²) < 4.78 is 5.11. The molecule has 3 N–H and O–H groups in total. The summed E-state index contributed by atoms with van der Waals surface area (Å²) in [6.45, 7) is 1.53. The van der Waals surface area contributed by atoms with Crippen LogP contribution < -0.4 is 16.0 Å². The van der Waals surface area contributed by atoms with E-state index in [1.165, 1.54) is 13.2 Å². The predicted octanol–water partition coefficient (Wildman–Crippen LogP) is 1.28. The Morgan fingerprint density at radius 3 is 2.40 bits per heavy atom. The van der Waals surface area contributed by atoms with Crippen LogP contribution in [0.25, 0.3) is 0 Å². The number of nitrogens with one attached hydrogen (secondary N) is 3. The van der Waals surface area contributed by atoms with Crippen molar-refractivity contribution in [2.75, 3.05) is 6.54 Å². The van der Waals surface area contributed by atoms with Crippen molar-refractivity contribution in [3.05, 3.63) is 60.1 Å². The fraction of sp³-hybridized carbons (Fsp3) is 0.278. The highest BCUT2D eigenvalue weighted by molar-refractivity contribution is 5.85. The van der Waals surface area contributed by atoms with Crippen molar-refractivity contribution in [3.8, 4) is 0 Å². The summed E-state index contributed by atoms with van der Waals surface area (Å²) >= 11 is 0. The first-order valence-corrected chi connectivity index (χ1v) is 7.92. The van der Waals surface area contributed by atoms with Crippen LogP contribution in [0.2, 0.25) is 0 Å². The number of furan rings is 1. The molecule has 7 nitrogen and oxygen atoms in total. The standard InChI is InChI=1S/C18H21N3O4/c1-13(22)21-16(14-6-3-2-4-7-14)10-17(23)20-12-18(24)19-11-15-8-5-9-25-15/h2-9,16H,10-12H2,1H3,(H,19,24)(H,20,23)(H,21,22). The topological polar surface area (TPSA) is 100 Å². The summed E-state index contributed by atoms with van der Waals surface area (Å²) in [7, 11) is 0. The molecule has 3 amide bonds. The largest absolute Gasteiger partial charge is 0.467 e. The van der Waals surface area contributed by atoms with Crippen molar-refractivity contribution in [1.82, 2.24) is 16.0 Å². The fourth-order valence-electron chi connectivity index (χ4n) is 2.28. The Kier molecular flexibility index (Phi) is 6.76. The van der Waals surface area contributed by atoms with Gasteiger partial charge in [-0.25, -0.2) is 0 Å². The van der Waals surface area contributed by atoms with E-state index in [0.29, 0.717) is 5.76 Å². The van der Waals surface area contributed by atoms with Crippen molar-refractivity contribution in [2.24, 2.45) is 0 Å². The smallest absolute Gasteiger partial charge is 0.239 e. The van der Waals surface area contributed by atoms with E-state index in [1.807, 2.05) is 30.3 Å². The van der Waals surface area contributed by atoms with Crippen LogP contribution in [-0.2, 0) is 20.9 Å². The quantitative estimate of drug-likeness (QED) is 0.672. The summed E-state index contributed by atoms with van der Waals surface area (Å²) in [5, 5.41) is 7.94. The van der Waals surface area contributed by atoms with Crippen LogP contribution in [0.4, 0.5) is 0 Å². The fourth-order valence-corrected chi connectivity index (χ4v) is 2.28. The molecule has 1 aromatic carbocycles. The van der Waals surface area contributed by atoms with Crippen LogP contribution in [0.5, 0.6) is 0 Å². The second kappa shape index (κ2) is 9.27. The third-order valence-corrected chi connectivity index (χ3v) is 3.45. The number of carbonyl (C=O) groups excluding carboxylic acids is 3. The molecule has 1 unspecified atom stereocenters. The molecule has 1 heterocycles. The Balaban J connectivity index is 1.80. The zero-order chi connectivity index (χ0) is 18.1. The van der Waals surface area contributed by atoms with E-state index in [4.69, 9.17) is 4.42 Å². The lowest BCUT2D eigenvalue weighted by Crippen LogP contribution is -2.38. The van der Waals surface area contributed by atoms with Gasteiger partial charge in [-0.3, -0.25) is 14.4 Å². The molecule has 0 saturated heterocycles. The maximum absolute atomic E-state index is 12.1. The summed E-state index contributed by atoms with van der Waals surface area (Å²) in [6, 6.07) is 12.2. The Bertz CT molecular complexity index is 698. The lowest BCUT2D eigenvalue weighted by molar-refractivity contribution is -0.127. The maximum Gasteiger partial charge on any atom is 0.239 e. The van der Waals surface area contributed by atoms with E-state index in [1.54, 1.807) is 12.1 Å². The molecule has 1 atom stereocenters. The van der Waals surface area contributed by atoms with Crippen molar-refractivity contribution >= 4 is 17.7 Å². The molecule has 0 aliphatic carbocycles. The highest BCUT2D eigenvalue weighted by atomic mass is 16.3. The van der Waals surface area contributed by atoms with Crippen LogP contribution in [0.3, 0.4) is 0 Å². The van der Waals surface area contributed by atoms with Gasteiger partial charge in [0.1, 0.15) is 5.76 Å². The van der Waals surface area contributed by atoms with E-state index in [2.05, 4.69) is 16.0 Å². The molecule has 0 saturated carbocycles. The molecular weight excluding hydrogens is 322 g/mol. The maximum atomic E-state index is 12.1. The number of rotatable bonds is 8. The molecule has 0 aliphatic rings. The van der Waals surface area contributed by atoms with Gasteiger partial charge in [0.15, 0.2) is 0 Å². The Labute approximate surface area is 145 Å². The van der Waals surface area contributed by atoms with Gasteiger partial charge in [-0.1, -0.05) is 30.3 Å². The van der Waals surface area contributed by atoms with Crippen LogP contribution in [-0.4, -0.2) is 24.3 Å². The van der Waals surface area contributed by atoms with Crippen LogP contribution >= 0.6 is 0 Å². The van der Waals surface area contributed by atoms with E-state index in [-0.39, 0.29) is 37.2 Å². The minimum atomic E-state index is -0.440. The Morgan fingerprint density at radius 2 is 1.76 bits per heavy atom. The lowest BCUT2D eigenvalue weighted by atomic mass is 10.0. The van der Waals surface area contributed by atoms with Gasteiger partial charge in [-0.2, -0.15) is 0 Å². The van der Waals surface area contributed by atoms with Gasteiger partial charge in [-0.05, 0) is 17.7 Å². The number of benzene rings is 1. The zero-order valence-corrected chi connectivity index (χ0v) is 14.0. The van der Waals surface area contributed by atoms with Crippen LogP contribution in [0.1, 0.15) is 30.7 Å². The predicted molar refractivity (Wildman–Crippen MR) is 91.2 cm³/mol. The van der Waals surface area contributed by atoms with Crippen LogP contribution in [0.15, 0.2) is 53.1 Å².